The fourth-order valence-electron chi connectivity index (χ4n) is 3.12. The number of hydrogen-bond donors (Lipinski definition) is 1. The largest absolute Gasteiger partial charge is 0.507 e. The first kappa shape index (κ1) is 16.7. The third kappa shape index (κ3) is 3.33. The maximum Gasteiger partial charge on any atom is 0.128 e. The molecular weight excluding hydrogens is 342 g/mol. The summed E-state index contributed by atoms with van der Waals surface area (Å²) < 4.78 is 5.20. The van der Waals surface area contributed by atoms with E-state index in [2.05, 4.69) is 30.3 Å². The maximum atomic E-state index is 10.5. The summed E-state index contributed by atoms with van der Waals surface area (Å²) in [6.45, 7) is 0. The lowest BCUT2D eigenvalue weighted by Gasteiger charge is -2.16. The summed E-state index contributed by atoms with van der Waals surface area (Å²) in [7, 11) is 1.59. The average molecular weight is 361 g/mol. The first-order chi connectivity index (χ1) is 12.7. The number of methoxy groups -OCH3 is 1. The Balaban J connectivity index is 1.81. The Labute approximate surface area is 157 Å². The van der Waals surface area contributed by atoms with Gasteiger partial charge in [-0.1, -0.05) is 42.5 Å². The Hall–Kier alpha value is -2.72. The second-order valence-electron chi connectivity index (χ2n) is 6.13. The highest BCUT2D eigenvalue weighted by Gasteiger charge is 2.23. The van der Waals surface area contributed by atoms with Gasteiger partial charge in [-0.05, 0) is 29.8 Å². The summed E-state index contributed by atoms with van der Waals surface area (Å²) in [6, 6.07) is 24.0. The van der Waals surface area contributed by atoms with Crippen LogP contribution in [0.15, 0.2) is 82.7 Å². The molecular formula is C22H19NO2S. The van der Waals surface area contributed by atoms with Crippen LogP contribution in [0.4, 0.5) is 5.69 Å². The molecule has 1 aliphatic heterocycles. The summed E-state index contributed by atoms with van der Waals surface area (Å²) in [5, 5.41) is 10.7. The SMILES string of the molecule is COc1ccc(C2=Nc3ccccc3S[C@H](c3ccccc3)C2)c(O)c1. The zero-order chi connectivity index (χ0) is 17.9. The summed E-state index contributed by atoms with van der Waals surface area (Å²) in [4.78, 5) is 6.05. The first-order valence-corrected chi connectivity index (χ1v) is 9.38. The molecule has 130 valence electrons. The number of rotatable bonds is 3. The van der Waals surface area contributed by atoms with Crippen molar-refractivity contribution >= 4 is 23.2 Å². The molecule has 3 aromatic rings. The molecule has 4 heteroatoms. The van der Waals surface area contributed by atoms with Crippen molar-refractivity contribution in [2.75, 3.05) is 7.11 Å². The van der Waals surface area contributed by atoms with Crippen molar-refractivity contribution in [3.05, 3.63) is 83.9 Å². The van der Waals surface area contributed by atoms with Crippen molar-refractivity contribution in [2.45, 2.75) is 16.6 Å². The average Bonchev–Trinajstić information content (AvgIpc) is 2.88. The lowest BCUT2D eigenvalue weighted by Crippen LogP contribution is -2.06. The van der Waals surface area contributed by atoms with Crippen LogP contribution in [0.5, 0.6) is 11.5 Å². The number of nitrogens with zero attached hydrogens (tertiary/aromatic N) is 1. The van der Waals surface area contributed by atoms with Gasteiger partial charge < -0.3 is 9.84 Å². The molecule has 1 atom stereocenters. The summed E-state index contributed by atoms with van der Waals surface area (Å²) in [5.41, 5.74) is 3.84. The van der Waals surface area contributed by atoms with Crippen molar-refractivity contribution in [1.82, 2.24) is 0 Å². The first-order valence-electron chi connectivity index (χ1n) is 8.50. The summed E-state index contributed by atoms with van der Waals surface area (Å²) in [6.07, 6.45) is 0.739. The number of aromatic hydroxyl groups is 1. The number of phenols is 1. The maximum absolute atomic E-state index is 10.5. The quantitative estimate of drug-likeness (QED) is 0.645. The molecule has 0 unspecified atom stereocenters. The molecule has 1 N–H and O–H groups in total. The van der Waals surface area contributed by atoms with Crippen molar-refractivity contribution in [3.8, 4) is 11.5 Å². The molecule has 0 aliphatic carbocycles. The van der Waals surface area contributed by atoms with E-state index in [1.165, 1.54) is 5.56 Å². The highest BCUT2D eigenvalue weighted by Crippen LogP contribution is 2.46. The van der Waals surface area contributed by atoms with E-state index in [9.17, 15) is 5.11 Å². The zero-order valence-electron chi connectivity index (χ0n) is 14.4. The summed E-state index contributed by atoms with van der Waals surface area (Å²) in [5.74, 6) is 0.828. The lowest BCUT2D eigenvalue weighted by atomic mass is 10.0. The predicted molar refractivity (Wildman–Crippen MR) is 107 cm³/mol. The standard InChI is InChI=1S/C22H19NO2S/c1-25-16-11-12-17(20(24)13-16)19-14-22(15-7-3-2-4-8-15)26-21-10-6-5-9-18(21)23-19/h2-13,22,24H,14H2,1H3/t22-/m0/s1. The monoisotopic (exact) mass is 361 g/mol. The Morgan fingerprint density at radius 1 is 1.00 bits per heavy atom. The second kappa shape index (κ2) is 7.26. The molecule has 0 amide bonds. The van der Waals surface area contributed by atoms with Gasteiger partial charge in [-0.2, -0.15) is 0 Å². The van der Waals surface area contributed by atoms with Crippen LogP contribution in [0.25, 0.3) is 0 Å². The molecule has 3 nitrogen and oxygen atoms in total. The number of hydrogen-bond acceptors (Lipinski definition) is 4. The van der Waals surface area contributed by atoms with E-state index >= 15 is 0 Å². The van der Waals surface area contributed by atoms with Crippen LogP contribution in [-0.4, -0.2) is 17.9 Å². The van der Waals surface area contributed by atoms with Crippen molar-refractivity contribution in [3.63, 3.8) is 0 Å². The van der Waals surface area contributed by atoms with Gasteiger partial charge in [0.05, 0.1) is 18.5 Å². The predicted octanol–water partition coefficient (Wildman–Crippen LogP) is 5.76. The van der Waals surface area contributed by atoms with E-state index < -0.39 is 0 Å². The van der Waals surface area contributed by atoms with E-state index in [0.717, 1.165) is 28.3 Å². The van der Waals surface area contributed by atoms with E-state index in [0.29, 0.717) is 5.75 Å². The number of benzene rings is 3. The normalized spacial score (nSPS) is 16.3. The minimum absolute atomic E-state index is 0.194. The minimum atomic E-state index is 0.194. The van der Waals surface area contributed by atoms with Gasteiger partial charge in [-0.3, -0.25) is 4.99 Å². The van der Waals surface area contributed by atoms with Gasteiger partial charge in [-0.15, -0.1) is 11.8 Å². The van der Waals surface area contributed by atoms with Crippen LogP contribution < -0.4 is 4.74 Å². The van der Waals surface area contributed by atoms with Gasteiger partial charge in [-0.25, -0.2) is 0 Å². The number of para-hydroxylation sites is 1. The molecule has 1 aliphatic rings. The van der Waals surface area contributed by atoms with E-state index in [1.807, 2.05) is 48.2 Å². The fraction of sp³-hybridized carbons (Fsp3) is 0.136. The van der Waals surface area contributed by atoms with E-state index in [4.69, 9.17) is 9.73 Å². The minimum Gasteiger partial charge on any atom is -0.507 e. The third-order valence-corrected chi connectivity index (χ3v) is 5.78. The van der Waals surface area contributed by atoms with Gasteiger partial charge in [0.15, 0.2) is 0 Å². The molecule has 4 rings (SSSR count). The second-order valence-corrected chi connectivity index (χ2v) is 7.38. The molecule has 0 spiro atoms. The van der Waals surface area contributed by atoms with E-state index in [-0.39, 0.29) is 11.0 Å². The van der Waals surface area contributed by atoms with Crippen LogP contribution >= 0.6 is 11.8 Å². The number of aliphatic imine (C=N–C) groups is 1. The van der Waals surface area contributed by atoms with Crippen LogP contribution in [0.1, 0.15) is 22.8 Å². The number of fused-ring (bicyclic) bond motifs is 1. The van der Waals surface area contributed by atoms with Gasteiger partial charge >= 0.3 is 0 Å². The highest BCUT2D eigenvalue weighted by molar-refractivity contribution is 7.99. The molecule has 0 fully saturated rings. The van der Waals surface area contributed by atoms with Gasteiger partial charge in [0.2, 0.25) is 0 Å². The molecule has 3 aromatic carbocycles. The topological polar surface area (TPSA) is 41.8 Å². The Morgan fingerprint density at radius 3 is 2.54 bits per heavy atom. The number of phenolic OH excluding ortho intramolecular Hbond substituents is 1. The van der Waals surface area contributed by atoms with Crippen molar-refractivity contribution in [1.29, 1.82) is 0 Å². The van der Waals surface area contributed by atoms with Crippen LogP contribution in [0.2, 0.25) is 0 Å². The van der Waals surface area contributed by atoms with Crippen molar-refractivity contribution < 1.29 is 9.84 Å². The van der Waals surface area contributed by atoms with Crippen LogP contribution in [0, 0.1) is 0 Å². The van der Waals surface area contributed by atoms with Crippen molar-refractivity contribution in [2.24, 2.45) is 4.99 Å². The third-order valence-electron chi connectivity index (χ3n) is 4.46. The smallest absolute Gasteiger partial charge is 0.128 e. The van der Waals surface area contributed by atoms with Gasteiger partial charge in [0, 0.05) is 28.2 Å². The molecule has 0 aromatic heterocycles. The molecule has 1 heterocycles. The van der Waals surface area contributed by atoms with Crippen LogP contribution in [-0.2, 0) is 0 Å². The molecule has 0 saturated carbocycles. The molecule has 0 radical (unpaired) electrons. The number of thioether (sulfide) groups is 1. The Bertz CT molecular complexity index is 953. The van der Waals surface area contributed by atoms with E-state index in [1.54, 1.807) is 13.2 Å². The van der Waals surface area contributed by atoms with Gasteiger partial charge in [0.25, 0.3) is 0 Å². The molecule has 0 saturated heterocycles. The Kier molecular flexibility index (Phi) is 4.67. The lowest BCUT2D eigenvalue weighted by molar-refractivity contribution is 0.407. The fourth-order valence-corrected chi connectivity index (χ4v) is 4.35. The molecule has 0 bridgehead atoms. The highest BCUT2D eigenvalue weighted by atomic mass is 32.2. The molecule has 26 heavy (non-hydrogen) atoms. The van der Waals surface area contributed by atoms with Crippen LogP contribution in [0.3, 0.4) is 0 Å². The zero-order valence-corrected chi connectivity index (χ0v) is 15.2. The summed E-state index contributed by atoms with van der Waals surface area (Å²) >= 11 is 1.82. The number of ether oxygens (including phenoxy) is 1. The Morgan fingerprint density at radius 2 is 1.77 bits per heavy atom. The van der Waals surface area contributed by atoms with Gasteiger partial charge in [0.1, 0.15) is 11.5 Å².